The first-order chi connectivity index (χ1) is 9.97. The van der Waals surface area contributed by atoms with E-state index >= 15 is 0 Å². The first-order valence-corrected chi connectivity index (χ1v) is 6.19. The minimum atomic E-state index is -4.42. The molecule has 0 radical (unpaired) electrons. The third kappa shape index (κ3) is 2.47. The van der Waals surface area contributed by atoms with E-state index in [-0.39, 0.29) is 5.82 Å². The molecule has 4 nitrogen and oxygen atoms in total. The van der Waals surface area contributed by atoms with E-state index in [1.165, 1.54) is 10.5 Å². The minimum Gasteiger partial charge on any atom is -0.318 e. The Bertz CT molecular complexity index is 765. The zero-order valence-electron chi connectivity index (χ0n) is 10.7. The van der Waals surface area contributed by atoms with Crippen molar-refractivity contribution in [3.63, 3.8) is 0 Å². The Morgan fingerprint density at radius 1 is 1.00 bits per heavy atom. The highest BCUT2D eigenvalue weighted by molar-refractivity contribution is 5.41. The predicted octanol–water partition coefficient (Wildman–Crippen LogP) is 2.80. The summed E-state index contributed by atoms with van der Waals surface area (Å²) >= 11 is 0. The SMILES string of the molecule is NC(c1ccccc1)c1nnc2ccc(C(F)(F)F)cn12. The second kappa shape index (κ2) is 4.85. The fourth-order valence-corrected chi connectivity index (χ4v) is 2.10. The number of fused-ring (bicyclic) bond motifs is 1. The minimum absolute atomic E-state index is 0.266. The van der Waals surface area contributed by atoms with Gasteiger partial charge in [0.25, 0.3) is 0 Å². The van der Waals surface area contributed by atoms with Crippen LogP contribution in [-0.2, 0) is 6.18 Å². The Hall–Kier alpha value is -2.41. The number of nitrogens with two attached hydrogens (primary N) is 1. The fourth-order valence-electron chi connectivity index (χ4n) is 2.10. The van der Waals surface area contributed by atoms with Crippen LogP contribution in [0.2, 0.25) is 0 Å². The molecule has 2 aromatic heterocycles. The van der Waals surface area contributed by atoms with Crippen LogP contribution in [0, 0.1) is 0 Å². The molecule has 0 aliphatic heterocycles. The Labute approximate surface area is 118 Å². The second-order valence-corrected chi connectivity index (χ2v) is 4.59. The summed E-state index contributed by atoms with van der Waals surface area (Å²) in [6.45, 7) is 0. The van der Waals surface area contributed by atoms with Crippen LogP contribution in [0.1, 0.15) is 23.0 Å². The highest BCUT2D eigenvalue weighted by atomic mass is 19.4. The molecule has 0 saturated carbocycles. The van der Waals surface area contributed by atoms with Crippen molar-refractivity contribution in [1.82, 2.24) is 14.6 Å². The van der Waals surface area contributed by atoms with E-state index in [1.807, 2.05) is 6.07 Å². The first-order valence-electron chi connectivity index (χ1n) is 6.19. The molecule has 3 rings (SSSR count). The number of rotatable bonds is 2. The average Bonchev–Trinajstić information content (AvgIpc) is 2.89. The summed E-state index contributed by atoms with van der Waals surface area (Å²) in [5.74, 6) is 0.266. The lowest BCUT2D eigenvalue weighted by atomic mass is 10.1. The number of nitrogens with zero attached hydrogens (tertiary/aromatic N) is 3. The van der Waals surface area contributed by atoms with Crippen molar-refractivity contribution < 1.29 is 13.2 Å². The molecule has 1 aromatic carbocycles. The van der Waals surface area contributed by atoms with Crippen molar-refractivity contribution in [3.8, 4) is 0 Å². The molecule has 0 aliphatic carbocycles. The van der Waals surface area contributed by atoms with Crippen molar-refractivity contribution in [3.05, 3.63) is 65.6 Å². The van der Waals surface area contributed by atoms with E-state index in [2.05, 4.69) is 10.2 Å². The molecule has 1 unspecified atom stereocenters. The summed E-state index contributed by atoms with van der Waals surface area (Å²) < 4.78 is 39.7. The molecule has 1 atom stereocenters. The number of benzene rings is 1. The number of alkyl halides is 3. The van der Waals surface area contributed by atoms with Gasteiger partial charge in [0, 0.05) is 6.20 Å². The van der Waals surface area contributed by atoms with Crippen LogP contribution in [0.15, 0.2) is 48.7 Å². The molecule has 7 heteroatoms. The number of hydrogen-bond acceptors (Lipinski definition) is 3. The summed E-state index contributed by atoms with van der Waals surface area (Å²) in [7, 11) is 0. The number of halogens is 3. The van der Waals surface area contributed by atoms with Gasteiger partial charge in [-0.3, -0.25) is 4.40 Å². The molecule has 0 aliphatic rings. The van der Waals surface area contributed by atoms with Crippen LogP contribution in [0.5, 0.6) is 0 Å². The molecule has 3 aromatic rings. The zero-order valence-corrected chi connectivity index (χ0v) is 10.7. The van der Waals surface area contributed by atoms with Crippen molar-refractivity contribution in [2.75, 3.05) is 0 Å². The Kier molecular flexibility index (Phi) is 3.13. The summed E-state index contributed by atoms with van der Waals surface area (Å²) in [6, 6.07) is 10.6. The van der Waals surface area contributed by atoms with E-state index in [0.29, 0.717) is 5.65 Å². The summed E-state index contributed by atoms with van der Waals surface area (Å²) in [4.78, 5) is 0. The van der Waals surface area contributed by atoms with Crippen LogP contribution in [0.3, 0.4) is 0 Å². The van der Waals surface area contributed by atoms with Gasteiger partial charge in [-0.1, -0.05) is 30.3 Å². The molecule has 2 N–H and O–H groups in total. The standard InChI is InChI=1S/C14H11F3N4/c15-14(16,17)10-6-7-11-19-20-13(21(11)8-10)12(18)9-4-2-1-3-5-9/h1-8,12H,18H2. The smallest absolute Gasteiger partial charge is 0.318 e. The van der Waals surface area contributed by atoms with Crippen LogP contribution >= 0.6 is 0 Å². The van der Waals surface area contributed by atoms with Crippen molar-refractivity contribution >= 4 is 5.65 Å². The van der Waals surface area contributed by atoms with Crippen molar-refractivity contribution in [2.24, 2.45) is 5.73 Å². The molecular formula is C14H11F3N4. The third-order valence-electron chi connectivity index (χ3n) is 3.19. The van der Waals surface area contributed by atoms with Crippen molar-refractivity contribution in [2.45, 2.75) is 12.2 Å². The normalized spacial score (nSPS) is 13.5. The van der Waals surface area contributed by atoms with Gasteiger partial charge >= 0.3 is 6.18 Å². The van der Waals surface area contributed by atoms with Gasteiger partial charge in [0.1, 0.15) is 0 Å². The molecule has 0 saturated heterocycles. The lowest BCUT2D eigenvalue weighted by Gasteiger charge is -2.11. The largest absolute Gasteiger partial charge is 0.417 e. The maximum absolute atomic E-state index is 12.8. The molecule has 0 fully saturated rings. The van der Waals surface area contributed by atoms with Crippen LogP contribution < -0.4 is 5.73 Å². The van der Waals surface area contributed by atoms with Crippen LogP contribution in [0.25, 0.3) is 5.65 Å². The number of aromatic nitrogens is 3. The molecular weight excluding hydrogens is 281 g/mol. The van der Waals surface area contributed by atoms with Gasteiger partial charge in [0.2, 0.25) is 0 Å². The third-order valence-corrected chi connectivity index (χ3v) is 3.19. The van der Waals surface area contributed by atoms with Gasteiger partial charge in [-0.05, 0) is 17.7 Å². The quantitative estimate of drug-likeness (QED) is 0.790. The van der Waals surface area contributed by atoms with Crippen LogP contribution in [-0.4, -0.2) is 14.6 Å². The van der Waals surface area contributed by atoms with E-state index in [0.717, 1.165) is 17.8 Å². The van der Waals surface area contributed by atoms with Gasteiger partial charge in [-0.25, -0.2) is 0 Å². The maximum atomic E-state index is 12.8. The van der Waals surface area contributed by atoms with E-state index in [4.69, 9.17) is 5.73 Å². The molecule has 2 heterocycles. The van der Waals surface area contributed by atoms with Gasteiger partial charge in [0.05, 0.1) is 11.6 Å². The Morgan fingerprint density at radius 2 is 1.71 bits per heavy atom. The van der Waals surface area contributed by atoms with Gasteiger partial charge in [0.15, 0.2) is 11.5 Å². The maximum Gasteiger partial charge on any atom is 0.417 e. The van der Waals surface area contributed by atoms with Crippen molar-refractivity contribution in [1.29, 1.82) is 0 Å². The molecule has 21 heavy (non-hydrogen) atoms. The van der Waals surface area contributed by atoms with E-state index < -0.39 is 17.8 Å². The van der Waals surface area contributed by atoms with Gasteiger partial charge < -0.3 is 5.73 Å². The van der Waals surface area contributed by atoms with Gasteiger partial charge in [-0.15, -0.1) is 10.2 Å². The summed E-state index contributed by atoms with van der Waals surface area (Å²) in [5.41, 5.74) is 6.39. The lowest BCUT2D eigenvalue weighted by molar-refractivity contribution is -0.137. The van der Waals surface area contributed by atoms with Gasteiger partial charge in [-0.2, -0.15) is 13.2 Å². The van der Waals surface area contributed by atoms with Crippen LogP contribution in [0.4, 0.5) is 13.2 Å². The monoisotopic (exact) mass is 292 g/mol. The first kappa shape index (κ1) is 13.6. The van der Waals surface area contributed by atoms with E-state index in [9.17, 15) is 13.2 Å². The number of hydrogen-bond donors (Lipinski definition) is 1. The molecule has 0 bridgehead atoms. The lowest BCUT2D eigenvalue weighted by Crippen LogP contribution is -2.16. The topological polar surface area (TPSA) is 56.2 Å². The van der Waals surface area contributed by atoms with E-state index in [1.54, 1.807) is 24.3 Å². The fraction of sp³-hybridized carbons (Fsp3) is 0.143. The highest BCUT2D eigenvalue weighted by Gasteiger charge is 2.31. The number of pyridine rings is 1. The molecule has 0 amide bonds. The highest BCUT2D eigenvalue weighted by Crippen LogP contribution is 2.30. The summed E-state index contributed by atoms with van der Waals surface area (Å²) in [6.07, 6.45) is -3.46. The second-order valence-electron chi connectivity index (χ2n) is 4.59. The Morgan fingerprint density at radius 3 is 2.38 bits per heavy atom. The Balaban J connectivity index is 2.11. The summed E-state index contributed by atoms with van der Waals surface area (Å²) in [5, 5.41) is 7.77. The zero-order chi connectivity index (χ0) is 15.0. The molecule has 108 valence electrons. The predicted molar refractivity (Wildman–Crippen MR) is 70.5 cm³/mol. The average molecular weight is 292 g/mol. The molecule has 0 spiro atoms.